The lowest BCUT2D eigenvalue weighted by Gasteiger charge is -2.35. The molecule has 1 atom stereocenters. The minimum Gasteiger partial charge on any atom is -0.468 e. The van der Waals surface area contributed by atoms with Crippen LogP contribution in [0.1, 0.15) is 25.6 Å². The average molecular weight is 181 g/mol. The molecule has 0 saturated carbocycles. The largest absolute Gasteiger partial charge is 0.468 e. The van der Waals surface area contributed by atoms with Crippen LogP contribution < -0.4 is 5.32 Å². The quantitative estimate of drug-likeness (QED) is 0.716. The van der Waals surface area contributed by atoms with E-state index >= 15 is 0 Å². The van der Waals surface area contributed by atoms with Crippen molar-refractivity contribution in [3.05, 3.63) is 24.2 Å². The highest BCUT2D eigenvalue weighted by Crippen LogP contribution is 2.22. The summed E-state index contributed by atoms with van der Waals surface area (Å²) in [7, 11) is 0. The Hall–Kier alpha value is -0.800. The molecule has 1 aromatic rings. The van der Waals surface area contributed by atoms with Crippen LogP contribution in [0.3, 0.4) is 0 Å². The zero-order chi connectivity index (χ0) is 9.31. The summed E-state index contributed by atoms with van der Waals surface area (Å²) in [6.45, 7) is 5.70. The van der Waals surface area contributed by atoms with Crippen molar-refractivity contribution in [3.63, 3.8) is 0 Å². The van der Waals surface area contributed by atoms with Crippen molar-refractivity contribution in [2.45, 2.75) is 25.4 Å². The van der Waals surface area contributed by atoms with Crippen LogP contribution in [0.2, 0.25) is 0 Å². The first-order valence-corrected chi connectivity index (χ1v) is 4.56. The summed E-state index contributed by atoms with van der Waals surface area (Å²) < 4.78 is 10.8. The van der Waals surface area contributed by atoms with Gasteiger partial charge in [-0.05, 0) is 26.0 Å². The van der Waals surface area contributed by atoms with Gasteiger partial charge in [0.1, 0.15) is 5.76 Å². The number of hydrogen-bond donors (Lipinski definition) is 1. The Morgan fingerprint density at radius 1 is 1.54 bits per heavy atom. The molecule has 0 bridgehead atoms. The van der Waals surface area contributed by atoms with Crippen LogP contribution >= 0.6 is 0 Å². The molecule has 1 fully saturated rings. The molecule has 0 spiro atoms. The predicted molar refractivity (Wildman–Crippen MR) is 49.5 cm³/mol. The molecule has 3 heteroatoms. The number of nitrogens with one attached hydrogen (secondary N) is 1. The van der Waals surface area contributed by atoms with Crippen molar-refractivity contribution in [3.8, 4) is 0 Å². The van der Waals surface area contributed by atoms with E-state index in [2.05, 4.69) is 19.2 Å². The van der Waals surface area contributed by atoms with E-state index in [9.17, 15) is 0 Å². The Morgan fingerprint density at radius 2 is 2.38 bits per heavy atom. The smallest absolute Gasteiger partial charge is 0.123 e. The maximum atomic E-state index is 5.50. The van der Waals surface area contributed by atoms with Crippen LogP contribution in [-0.4, -0.2) is 18.8 Å². The topological polar surface area (TPSA) is 34.4 Å². The number of rotatable bonds is 1. The van der Waals surface area contributed by atoms with Crippen molar-refractivity contribution >= 4 is 0 Å². The van der Waals surface area contributed by atoms with Crippen molar-refractivity contribution in [2.75, 3.05) is 13.2 Å². The van der Waals surface area contributed by atoms with Crippen LogP contribution in [0.25, 0.3) is 0 Å². The Morgan fingerprint density at radius 3 is 3.00 bits per heavy atom. The zero-order valence-electron chi connectivity index (χ0n) is 8.04. The van der Waals surface area contributed by atoms with E-state index in [0.29, 0.717) is 6.61 Å². The molecule has 1 saturated heterocycles. The second-order valence-electron chi connectivity index (χ2n) is 4.11. The molecule has 1 aromatic heterocycles. The molecule has 72 valence electrons. The van der Waals surface area contributed by atoms with Gasteiger partial charge in [-0.1, -0.05) is 0 Å². The maximum Gasteiger partial charge on any atom is 0.123 e. The molecule has 1 aliphatic heterocycles. The van der Waals surface area contributed by atoms with E-state index < -0.39 is 0 Å². The van der Waals surface area contributed by atoms with E-state index in [-0.39, 0.29) is 11.6 Å². The zero-order valence-corrected chi connectivity index (χ0v) is 8.04. The van der Waals surface area contributed by atoms with Crippen LogP contribution in [0, 0.1) is 0 Å². The number of furan rings is 1. The molecule has 0 amide bonds. The fraction of sp³-hybridized carbons (Fsp3) is 0.600. The fourth-order valence-corrected chi connectivity index (χ4v) is 1.63. The van der Waals surface area contributed by atoms with Gasteiger partial charge in [0.25, 0.3) is 0 Å². The summed E-state index contributed by atoms with van der Waals surface area (Å²) in [6, 6.07) is 4.07. The van der Waals surface area contributed by atoms with Crippen molar-refractivity contribution < 1.29 is 9.15 Å². The van der Waals surface area contributed by atoms with Gasteiger partial charge in [0.15, 0.2) is 0 Å². The van der Waals surface area contributed by atoms with Crippen LogP contribution in [0.15, 0.2) is 22.8 Å². The molecular weight excluding hydrogens is 166 g/mol. The normalized spacial score (nSPS) is 27.4. The van der Waals surface area contributed by atoms with E-state index in [1.54, 1.807) is 6.26 Å². The standard InChI is InChI=1S/C10H15NO2/c1-10(2)7-12-6-8(11-10)9-4-3-5-13-9/h3-5,8,11H,6-7H2,1-2H3. The first kappa shape index (κ1) is 8.78. The van der Waals surface area contributed by atoms with Gasteiger partial charge >= 0.3 is 0 Å². The van der Waals surface area contributed by atoms with E-state index in [4.69, 9.17) is 9.15 Å². The van der Waals surface area contributed by atoms with E-state index in [1.165, 1.54) is 0 Å². The minimum absolute atomic E-state index is 0.0374. The molecule has 2 heterocycles. The second kappa shape index (κ2) is 3.16. The fourth-order valence-electron chi connectivity index (χ4n) is 1.63. The third kappa shape index (κ3) is 1.92. The van der Waals surface area contributed by atoms with Gasteiger partial charge in [-0.25, -0.2) is 0 Å². The number of hydrogen-bond acceptors (Lipinski definition) is 3. The van der Waals surface area contributed by atoms with Gasteiger partial charge in [0.05, 0.1) is 25.5 Å². The highest BCUT2D eigenvalue weighted by atomic mass is 16.5. The van der Waals surface area contributed by atoms with Crippen LogP contribution in [0.5, 0.6) is 0 Å². The Bertz CT molecular complexity index is 266. The molecule has 2 rings (SSSR count). The second-order valence-corrected chi connectivity index (χ2v) is 4.11. The average Bonchev–Trinajstić information content (AvgIpc) is 2.53. The molecular formula is C10H15NO2. The Balaban J connectivity index is 2.09. The van der Waals surface area contributed by atoms with E-state index in [1.807, 2.05) is 12.1 Å². The van der Waals surface area contributed by atoms with Gasteiger partial charge in [0, 0.05) is 5.54 Å². The van der Waals surface area contributed by atoms with Gasteiger partial charge < -0.3 is 9.15 Å². The Labute approximate surface area is 78.1 Å². The van der Waals surface area contributed by atoms with Crippen LogP contribution in [0.4, 0.5) is 0 Å². The summed E-state index contributed by atoms with van der Waals surface area (Å²) in [5.41, 5.74) is 0.0374. The lowest BCUT2D eigenvalue weighted by atomic mass is 10.0. The Kier molecular flexibility index (Phi) is 2.14. The van der Waals surface area contributed by atoms with Crippen molar-refractivity contribution in [1.29, 1.82) is 0 Å². The number of ether oxygens (including phenoxy) is 1. The number of morpholine rings is 1. The first-order valence-electron chi connectivity index (χ1n) is 4.56. The molecule has 0 aromatic carbocycles. The van der Waals surface area contributed by atoms with Gasteiger partial charge in [-0.15, -0.1) is 0 Å². The van der Waals surface area contributed by atoms with E-state index in [0.717, 1.165) is 12.4 Å². The highest BCUT2D eigenvalue weighted by molar-refractivity contribution is 5.07. The monoisotopic (exact) mass is 181 g/mol. The first-order chi connectivity index (χ1) is 6.17. The third-order valence-corrected chi connectivity index (χ3v) is 2.20. The summed E-state index contributed by atoms with van der Waals surface area (Å²) in [6.07, 6.45) is 1.69. The van der Waals surface area contributed by atoms with Crippen molar-refractivity contribution in [2.24, 2.45) is 0 Å². The molecule has 1 unspecified atom stereocenters. The van der Waals surface area contributed by atoms with Gasteiger partial charge in [-0.2, -0.15) is 0 Å². The van der Waals surface area contributed by atoms with Gasteiger partial charge in [-0.3, -0.25) is 5.32 Å². The molecule has 1 N–H and O–H groups in total. The molecule has 3 nitrogen and oxygen atoms in total. The predicted octanol–water partition coefficient (Wildman–Crippen LogP) is 1.72. The molecule has 0 aliphatic carbocycles. The molecule has 0 radical (unpaired) electrons. The molecule has 13 heavy (non-hydrogen) atoms. The molecule has 1 aliphatic rings. The lowest BCUT2D eigenvalue weighted by Crippen LogP contribution is -2.51. The summed E-state index contributed by atoms with van der Waals surface area (Å²) in [5, 5.41) is 3.48. The van der Waals surface area contributed by atoms with Crippen molar-refractivity contribution in [1.82, 2.24) is 5.32 Å². The van der Waals surface area contributed by atoms with Gasteiger partial charge in [0.2, 0.25) is 0 Å². The third-order valence-electron chi connectivity index (χ3n) is 2.20. The minimum atomic E-state index is 0.0374. The summed E-state index contributed by atoms with van der Waals surface area (Å²) >= 11 is 0. The lowest BCUT2D eigenvalue weighted by molar-refractivity contribution is 0.00720. The SMILES string of the molecule is CC1(C)COCC(c2ccco2)N1. The summed E-state index contributed by atoms with van der Waals surface area (Å²) in [5.74, 6) is 0.952. The maximum absolute atomic E-state index is 5.50. The highest BCUT2D eigenvalue weighted by Gasteiger charge is 2.29. The summed E-state index contributed by atoms with van der Waals surface area (Å²) in [4.78, 5) is 0. The van der Waals surface area contributed by atoms with Crippen LogP contribution in [-0.2, 0) is 4.74 Å².